The van der Waals surface area contributed by atoms with E-state index in [9.17, 15) is 9.59 Å². The van der Waals surface area contributed by atoms with Gasteiger partial charge >= 0.3 is 0 Å². The molecule has 0 aromatic heterocycles. The third-order valence-corrected chi connectivity index (χ3v) is 5.11. The minimum atomic E-state index is -0.375. The Balaban J connectivity index is 1.60. The van der Waals surface area contributed by atoms with Gasteiger partial charge in [-0.1, -0.05) is 35.9 Å². The van der Waals surface area contributed by atoms with Gasteiger partial charge in [0.1, 0.15) is 0 Å². The first kappa shape index (κ1) is 23.0. The van der Waals surface area contributed by atoms with Crippen molar-refractivity contribution in [2.75, 3.05) is 23.3 Å². The van der Waals surface area contributed by atoms with Crippen LogP contribution in [-0.2, 0) is 0 Å². The molecular weight excluding hydrogens is 424 g/mol. The van der Waals surface area contributed by atoms with Gasteiger partial charge in [0.25, 0.3) is 11.8 Å². The summed E-state index contributed by atoms with van der Waals surface area (Å²) in [6, 6.07) is 21.3. The van der Waals surface area contributed by atoms with Crippen molar-refractivity contribution in [3.8, 4) is 0 Å². The molecule has 3 rings (SSSR count). The van der Waals surface area contributed by atoms with Crippen molar-refractivity contribution < 1.29 is 9.59 Å². The molecule has 0 aliphatic heterocycles. The Bertz CT molecular complexity index is 1110. The number of nitrogens with zero attached hydrogens (tertiary/aromatic N) is 2. The molecular formula is C25H25ClN4O2. The topological polar surface area (TPSA) is 73.8 Å². The van der Waals surface area contributed by atoms with E-state index in [4.69, 9.17) is 11.6 Å². The zero-order valence-electron chi connectivity index (χ0n) is 18.0. The second-order valence-corrected chi connectivity index (χ2v) is 7.44. The van der Waals surface area contributed by atoms with Gasteiger partial charge in [0.05, 0.1) is 6.21 Å². The molecule has 2 amide bonds. The zero-order valence-corrected chi connectivity index (χ0v) is 18.8. The summed E-state index contributed by atoms with van der Waals surface area (Å²) < 4.78 is 0. The van der Waals surface area contributed by atoms with Crippen molar-refractivity contribution in [3.63, 3.8) is 0 Å². The van der Waals surface area contributed by atoms with Gasteiger partial charge in [-0.2, -0.15) is 5.10 Å². The van der Waals surface area contributed by atoms with Crippen LogP contribution in [0.2, 0.25) is 5.02 Å². The zero-order chi connectivity index (χ0) is 22.9. The van der Waals surface area contributed by atoms with Crippen LogP contribution in [0.25, 0.3) is 0 Å². The summed E-state index contributed by atoms with van der Waals surface area (Å²) in [5.41, 5.74) is 5.85. The molecule has 3 aromatic carbocycles. The Morgan fingerprint density at radius 1 is 0.906 bits per heavy atom. The van der Waals surface area contributed by atoms with E-state index in [0.29, 0.717) is 21.8 Å². The first-order valence-electron chi connectivity index (χ1n) is 10.4. The number of nitrogens with one attached hydrogen (secondary N) is 2. The fraction of sp³-hybridized carbons (Fsp3) is 0.160. The first-order valence-corrected chi connectivity index (χ1v) is 10.7. The monoisotopic (exact) mass is 448 g/mol. The van der Waals surface area contributed by atoms with Crippen LogP contribution in [0.3, 0.4) is 0 Å². The Kier molecular flexibility index (Phi) is 8.00. The molecule has 0 saturated heterocycles. The molecule has 0 spiro atoms. The maximum absolute atomic E-state index is 12.4. The van der Waals surface area contributed by atoms with Crippen LogP contribution in [0, 0.1) is 0 Å². The van der Waals surface area contributed by atoms with Gasteiger partial charge in [-0.25, -0.2) is 5.43 Å². The summed E-state index contributed by atoms with van der Waals surface area (Å²) in [5, 5.41) is 7.29. The standard InChI is InChI=1S/C25H25ClN4O2/c1-3-30(4-2)23-13-11-18(12-14-23)17-27-29-25(32)20-8-6-10-22(16-20)28-24(31)19-7-5-9-21(26)15-19/h5-17H,3-4H2,1-2H3,(H,28,31)(H,29,32)/b27-17-. The van der Waals surface area contributed by atoms with Gasteiger partial charge in [-0.05, 0) is 67.9 Å². The number of carbonyl (C=O) groups excluding carboxylic acids is 2. The predicted octanol–water partition coefficient (Wildman–Crippen LogP) is 5.20. The maximum Gasteiger partial charge on any atom is 0.271 e. The van der Waals surface area contributed by atoms with E-state index in [1.54, 1.807) is 54.7 Å². The molecule has 0 fully saturated rings. The lowest BCUT2D eigenvalue weighted by Crippen LogP contribution is -2.21. The number of hydrogen-bond acceptors (Lipinski definition) is 4. The van der Waals surface area contributed by atoms with Crippen molar-refractivity contribution in [1.82, 2.24) is 5.43 Å². The highest BCUT2D eigenvalue weighted by Crippen LogP contribution is 2.16. The van der Waals surface area contributed by atoms with E-state index >= 15 is 0 Å². The van der Waals surface area contributed by atoms with E-state index in [1.165, 1.54) is 0 Å². The highest BCUT2D eigenvalue weighted by atomic mass is 35.5. The Hall–Kier alpha value is -3.64. The van der Waals surface area contributed by atoms with Crippen molar-refractivity contribution in [3.05, 3.63) is 94.5 Å². The normalized spacial score (nSPS) is 10.7. The number of anilines is 2. The van der Waals surface area contributed by atoms with E-state index in [-0.39, 0.29) is 11.8 Å². The first-order chi connectivity index (χ1) is 15.5. The van der Waals surface area contributed by atoms with E-state index in [1.807, 2.05) is 24.3 Å². The number of hydrogen-bond donors (Lipinski definition) is 2. The van der Waals surface area contributed by atoms with Crippen molar-refractivity contribution in [2.45, 2.75) is 13.8 Å². The summed E-state index contributed by atoms with van der Waals surface area (Å²) >= 11 is 5.94. The minimum absolute atomic E-state index is 0.309. The lowest BCUT2D eigenvalue weighted by molar-refractivity contribution is 0.0953. The summed E-state index contributed by atoms with van der Waals surface area (Å²) in [6.07, 6.45) is 1.59. The minimum Gasteiger partial charge on any atom is -0.372 e. The van der Waals surface area contributed by atoms with Crippen LogP contribution in [0.15, 0.2) is 77.9 Å². The number of amides is 2. The predicted molar refractivity (Wildman–Crippen MR) is 131 cm³/mol. The Morgan fingerprint density at radius 3 is 2.22 bits per heavy atom. The second kappa shape index (κ2) is 11.1. The number of halogens is 1. The van der Waals surface area contributed by atoms with E-state index < -0.39 is 0 Å². The van der Waals surface area contributed by atoms with Crippen LogP contribution in [0.4, 0.5) is 11.4 Å². The molecule has 32 heavy (non-hydrogen) atoms. The van der Waals surface area contributed by atoms with Gasteiger partial charge in [0.2, 0.25) is 0 Å². The van der Waals surface area contributed by atoms with Gasteiger partial charge in [-0.3, -0.25) is 9.59 Å². The summed E-state index contributed by atoms with van der Waals surface area (Å²) in [5.74, 6) is -0.684. The molecule has 0 aliphatic rings. The fourth-order valence-corrected chi connectivity index (χ4v) is 3.35. The van der Waals surface area contributed by atoms with Crippen LogP contribution in [0.5, 0.6) is 0 Å². The average molecular weight is 449 g/mol. The molecule has 0 radical (unpaired) electrons. The molecule has 0 atom stereocenters. The molecule has 6 nitrogen and oxygen atoms in total. The fourth-order valence-electron chi connectivity index (χ4n) is 3.16. The summed E-state index contributed by atoms with van der Waals surface area (Å²) in [6.45, 7) is 6.12. The van der Waals surface area contributed by atoms with E-state index in [2.05, 4.69) is 34.6 Å². The molecule has 0 aliphatic carbocycles. The lowest BCUT2D eigenvalue weighted by Gasteiger charge is -2.20. The van der Waals surface area contributed by atoms with Crippen LogP contribution in [-0.4, -0.2) is 31.1 Å². The van der Waals surface area contributed by atoms with Gasteiger partial charge < -0.3 is 10.2 Å². The van der Waals surface area contributed by atoms with Crippen molar-refractivity contribution in [1.29, 1.82) is 0 Å². The molecule has 0 saturated carbocycles. The van der Waals surface area contributed by atoms with Crippen molar-refractivity contribution in [2.24, 2.45) is 5.10 Å². The third kappa shape index (κ3) is 6.18. The second-order valence-electron chi connectivity index (χ2n) is 7.01. The highest BCUT2D eigenvalue weighted by Gasteiger charge is 2.09. The van der Waals surface area contributed by atoms with Crippen LogP contribution < -0.4 is 15.6 Å². The van der Waals surface area contributed by atoms with Crippen molar-refractivity contribution >= 4 is 41.0 Å². The summed E-state index contributed by atoms with van der Waals surface area (Å²) in [4.78, 5) is 27.1. The summed E-state index contributed by atoms with van der Waals surface area (Å²) in [7, 11) is 0. The number of benzene rings is 3. The van der Waals surface area contributed by atoms with Crippen LogP contribution in [0.1, 0.15) is 40.1 Å². The smallest absolute Gasteiger partial charge is 0.271 e. The lowest BCUT2D eigenvalue weighted by atomic mass is 10.1. The molecule has 0 unspecified atom stereocenters. The van der Waals surface area contributed by atoms with Gasteiger partial charge in [0.15, 0.2) is 0 Å². The van der Waals surface area contributed by atoms with E-state index in [0.717, 1.165) is 24.3 Å². The van der Waals surface area contributed by atoms with Crippen LogP contribution >= 0.6 is 11.6 Å². The molecule has 3 aromatic rings. The number of hydrazone groups is 1. The molecule has 164 valence electrons. The maximum atomic E-state index is 12.4. The quantitative estimate of drug-likeness (QED) is 0.367. The third-order valence-electron chi connectivity index (χ3n) is 4.87. The number of carbonyl (C=O) groups is 2. The Morgan fingerprint density at radius 2 is 1.56 bits per heavy atom. The molecule has 2 N–H and O–H groups in total. The average Bonchev–Trinajstić information content (AvgIpc) is 2.81. The van der Waals surface area contributed by atoms with Gasteiger partial charge in [-0.15, -0.1) is 0 Å². The molecule has 0 bridgehead atoms. The number of rotatable bonds is 8. The highest BCUT2D eigenvalue weighted by molar-refractivity contribution is 6.31. The molecule has 0 heterocycles. The largest absolute Gasteiger partial charge is 0.372 e. The molecule has 7 heteroatoms. The Labute approximate surface area is 192 Å². The SMILES string of the molecule is CCN(CC)c1ccc(/C=N\NC(=O)c2cccc(NC(=O)c3cccc(Cl)c3)c2)cc1. The van der Waals surface area contributed by atoms with Gasteiger partial charge in [0, 0.05) is 40.6 Å².